The first kappa shape index (κ1) is 17.5. The van der Waals surface area contributed by atoms with Crippen LogP contribution in [0.4, 0.5) is 4.39 Å². The van der Waals surface area contributed by atoms with E-state index in [1.165, 1.54) is 18.7 Å². The molecule has 1 N–H and O–H groups in total. The summed E-state index contributed by atoms with van der Waals surface area (Å²) in [5.41, 5.74) is 3.17. The molecule has 1 heterocycles. The van der Waals surface area contributed by atoms with Crippen LogP contribution in [0.5, 0.6) is 17.2 Å². The molecular formula is C20H24FNO3. The van der Waals surface area contributed by atoms with E-state index in [9.17, 15) is 4.39 Å². The average Bonchev–Trinajstić information content (AvgIpc) is 2.62. The Hall–Kier alpha value is -2.27. The highest BCUT2D eigenvalue weighted by Crippen LogP contribution is 2.38. The van der Waals surface area contributed by atoms with E-state index in [0.29, 0.717) is 13.2 Å². The van der Waals surface area contributed by atoms with Crippen molar-refractivity contribution in [3.63, 3.8) is 0 Å². The van der Waals surface area contributed by atoms with Crippen molar-refractivity contribution >= 4 is 0 Å². The summed E-state index contributed by atoms with van der Waals surface area (Å²) in [6, 6.07) is 9.08. The number of hydrogen-bond acceptors (Lipinski definition) is 4. The third-order valence-corrected chi connectivity index (χ3v) is 4.37. The largest absolute Gasteiger partial charge is 0.494 e. The molecule has 0 bridgehead atoms. The predicted molar refractivity (Wildman–Crippen MR) is 95.3 cm³/mol. The fraction of sp³-hybridized carbons (Fsp3) is 0.400. The molecule has 0 aliphatic carbocycles. The standard InChI is InChI=1S/C20H24FNO3/c1-4-24-18-11-13-8-9-22-20(15(13)12-19(18)25-5-2)14-6-7-17(23-3)16(21)10-14/h6-7,10-12,20,22H,4-5,8-9H2,1-3H3. The van der Waals surface area contributed by atoms with Gasteiger partial charge in [-0.25, -0.2) is 4.39 Å². The number of nitrogens with one attached hydrogen (secondary N) is 1. The maximum Gasteiger partial charge on any atom is 0.165 e. The van der Waals surface area contributed by atoms with Crippen molar-refractivity contribution in [1.29, 1.82) is 0 Å². The molecule has 0 fully saturated rings. The summed E-state index contributed by atoms with van der Waals surface area (Å²) in [6.07, 6.45) is 0.900. The Balaban J connectivity index is 2.03. The second-order valence-corrected chi connectivity index (χ2v) is 5.89. The first-order valence-corrected chi connectivity index (χ1v) is 8.67. The molecule has 1 atom stereocenters. The maximum atomic E-state index is 14.1. The fourth-order valence-corrected chi connectivity index (χ4v) is 3.26. The van der Waals surface area contributed by atoms with Crippen molar-refractivity contribution in [3.8, 4) is 17.2 Å². The predicted octanol–water partition coefficient (Wildman–Crippen LogP) is 3.87. The van der Waals surface area contributed by atoms with Gasteiger partial charge in [0.15, 0.2) is 23.1 Å². The van der Waals surface area contributed by atoms with E-state index in [0.717, 1.165) is 35.6 Å². The average molecular weight is 345 g/mol. The van der Waals surface area contributed by atoms with E-state index >= 15 is 0 Å². The van der Waals surface area contributed by atoms with Crippen molar-refractivity contribution in [1.82, 2.24) is 5.32 Å². The Morgan fingerprint density at radius 1 is 1.04 bits per heavy atom. The first-order valence-electron chi connectivity index (χ1n) is 8.67. The molecule has 25 heavy (non-hydrogen) atoms. The van der Waals surface area contributed by atoms with Gasteiger partial charge in [0.2, 0.25) is 0 Å². The van der Waals surface area contributed by atoms with Crippen LogP contribution in [0.2, 0.25) is 0 Å². The molecule has 1 aliphatic heterocycles. The van der Waals surface area contributed by atoms with Crippen LogP contribution in [0.1, 0.15) is 36.6 Å². The number of methoxy groups -OCH3 is 1. The van der Waals surface area contributed by atoms with Crippen molar-refractivity contribution in [2.24, 2.45) is 0 Å². The number of fused-ring (bicyclic) bond motifs is 1. The summed E-state index contributed by atoms with van der Waals surface area (Å²) < 4.78 is 30.6. The smallest absolute Gasteiger partial charge is 0.165 e. The van der Waals surface area contributed by atoms with Gasteiger partial charge in [-0.3, -0.25) is 0 Å². The Morgan fingerprint density at radius 2 is 1.76 bits per heavy atom. The quantitative estimate of drug-likeness (QED) is 0.863. The number of ether oxygens (including phenoxy) is 3. The van der Waals surface area contributed by atoms with Gasteiger partial charge in [-0.1, -0.05) is 6.07 Å². The molecule has 5 heteroatoms. The molecule has 2 aromatic rings. The summed E-state index contributed by atoms with van der Waals surface area (Å²) in [5.74, 6) is 1.39. The highest BCUT2D eigenvalue weighted by Gasteiger charge is 2.25. The van der Waals surface area contributed by atoms with Gasteiger partial charge in [0.25, 0.3) is 0 Å². The maximum absolute atomic E-state index is 14.1. The second-order valence-electron chi connectivity index (χ2n) is 5.89. The lowest BCUT2D eigenvalue weighted by Crippen LogP contribution is -2.30. The highest BCUT2D eigenvalue weighted by atomic mass is 19.1. The van der Waals surface area contributed by atoms with Crippen LogP contribution in [0.15, 0.2) is 30.3 Å². The first-order chi connectivity index (χ1) is 12.2. The van der Waals surface area contributed by atoms with Crippen molar-refractivity contribution in [2.75, 3.05) is 26.9 Å². The second kappa shape index (κ2) is 7.74. The monoisotopic (exact) mass is 345 g/mol. The van der Waals surface area contributed by atoms with Crippen LogP contribution in [0, 0.1) is 5.82 Å². The Morgan fingerprint density at radius 3 is 2.40 bits per heavy atom. The van der Waals surface area contributed by atoms with Gasteiger partial charge in [-0.2, -0.15) is 0 Å². The third kappa shape index (κ3) is 3.56. The Bertz CT molecular complexity index is 748. The molecule has 0 amide bonds. The van der Waals surface area contributed by atoms with Crippen LogP contribution in [-0.4, -0.2) is 26.9 Å². The molecule has 3 rings (SSSR count). The molecule has 0 aromatic heterocycles. The number of rotatable bonds is 6. The molecule has 1 aliphatic rings. The molecule has 0 radical (unpaired) electrons. The molecule has 1 unspecified atom stereocenters. The van der Waals surface area contributed by atoms with E-state index in [1.54, 1.807) is 6.07 Å². The van der Waals surface area contributed by atoms with Gasteiger partial charge in [0.1, 0.15) is 0 Å². The summed E-state index contributed by atoms with van der Waals surface area (Å²) in [5, 5.41) is 3.47. The van der Waals surface area contributed by atoms with E-state index in [4.69, 9.17) is 14.2 Å². The lowest BCUT2D eigenvalue weighted by molar-refractivity contribution is 0.286. The topological polar surface area (TPSA) is 39.7 Å². The van der Waals surface area contributed by atoms with Crippen LogP contribution in [0.3, 0.4) is 0 Å². The minimum atomic E-state index is -0.357. The van der Waals surface area contributed by atoms with Gasteiger partial charge in [-0.05, 0) is 61.2 Å². The zero-order valence-corrected chi connectivity index (χ0v) is 14.9. The zero-order chi connectivity index (χ0) is 17.8. The Labute approximate surface area is 147 Å². The van der Waals surface area contributed by atoms with Crippen molar-refractivity contribution in [2.45, 2.75) is 26.3 Å². The zero-order valence-electron chi connectivity index (χ0n) is 14.9. The number of benzene rings is 2. The summed E-state index contributed by atoms with van der Waals surface area (Å²) in [7, 11) is 1.47. The molecule has 0 saturated carbocycles. The SMILES string of the molecule is CCOc1cc2c(cc1OCC)C(c1ccc(OC)c(F)c1)NCC2. The molecule has 4 nitrogen and oxygen atoms in total. The molecule has 134 valence electrons. The van der Waals surface area contributed by atoms with Crippen LogP contribution in [0.25, 0.3) is 0 Å². The third-order valence-electron chi connectivity index (χ3n) is 4.37. The Kier molecular flexibility index (Phi) is 5.43. The van der Waals surface area contributed by atoms with Gasteiger partial charge in [0, 0.05) is 6.54 Å². The van der Waals surface area contributed by atoms with Crippen molar-refractivity contribution in [3.05, 3.63) is 52.8 Å². The minimum Gasteiger partial charge on any atom is -0.494 e. The summed E-state index contributed by atoms with van der Waals surface area (Å²) in [4.78, 5) is 0. The highest BCUT2D eigenvalue weighted by molar-refractivity contribution is 5.52. The van der Waals surface area contributed by atoms with E-state index < -0.39 is 0 Å². The fourth-order valence-electron chi connectivity index (χ4n) is 3.26. The molecule has 0 saturated heterocycles. The van der Waals surface area contributed by atoms with Crippen LogP contribution in [-0.2, 0) is 6.42 Å². The number of hydrogen-bond donors (Lipinski definition) is 1. The molecular weight excluding hydrogens is 321 g/mol. The van der Waals surface area contributed by atoms with Crippen LogP contribution >= 0.6 is 0 Å². The molecule has 2 aromatic carbocycles. The van der Waals surface area contributed by atoms with Gasteiger partial charge < -0.3 is 19.5 Å². The number of halogens is 1. The van der Waals surface area contributed by atoms with Gasteiger partial charge in [0.05, 0.1) is 26.4 Å². The van der Waals surface area contributed by atoms with E-state index in [1.807, 2.05) is 26.0 Å². The van der Waals surface area contributed by atoms with Crippen LogP contribution < -0.4 is 19.5 Å². The minimum absolute atomic E-state index is 0.0842. The lowest BCUT2D eigenvalue weighted by atomic mass is 9.89. The summed E-state index contributed by atoms with van der Waals surface area (Å²) >= 11 is 0. The van der Waals surface area contributed by atoms with Crippen molar-refractivity contribution < 1.29 is 18.6 Å². The lowest BCUT2D eigenvalue weighted by Gasteiger charge is -2.29. The van der Waals surface area contributed by atoms with Gasteiger partial charge >= 0.3 is 0 Å². The van der Waals surface area contributed by atoms with E-state index in [2.05, 4.69) is 11.4 Å². The molecule has 0 spiro atoms. The summed E-state index contributed by atoms with van der Waals surface area (Å²) in [6.45, 7) is 5.88. The normalized spacial score (nSPS) is 16.2. The van der Waals surface area contributed by atoms with Gasteiger partial charge in [-0.15, -0.1) is 0 Å². The van der Waals surface area contributed by atoms with E-state index in [-0.39, 0.29) is 17.6 Å².